The molecule has 2 aromatic rings. The number of carboxylic acids is 1. The molecule has 5 atom stereocenters. The van der Waals surface area contributed by atoms with Crippen molar-refractivity contribution in [2.45, 2.75) is 90.9 Å². The Labute approximate surface area is 264 Å². The molecule has 0 fully saturated rings. The molecule has 0 aliphatic rings. The number of Topliss-reactive ketones (excluding diaryl/α,β-unsaturated/α-hetero) is 1. The van der Waals surface area contributed by atoms with Crippen LogP contribution in [-0.4, -0.2) is 82.7 Å². The SMILES string of the molecule is CC[C@H](C)[C@H](NC(=O)[C@@H](C)N(C)C)C(=O)N[C@H](CC(=O)c1nc(C(=O)N[C@H](CCC(=O)O)Cc2ccccc2)cs1)C(C)C. The molecule has 0 saturated heterocycles. The van der Waals surface area contributed by atoms with E-state index >= 15 is 0 Å². The molecule has 1 aromatic heterocycles. The number of nitrogens with one attached hydrogen (secondary N) is 3. The van der Waals surface area contributed by atoms with E-state index in [1.54, 1.807) is 25.9 Å². The first-order valence-corrected chi connectivity index (χ1v) is 15.9. The summed E-state index contributed by atoms with van der Waals surface area (Å²) in [5.74, 6) is -2.58. The Morgan fingerprint density at radius 2 is 1.61 bits per heavy atom. The second kappa shape index (κ2) is 17.6. The van der Waals surface area contributed by atoms with Gasteiger partial charge in [-0.25, -0.2) is 4.98 Å². The highest BCUT2D eigenvalue weighted by Crippen LogP contribution is 2.18. The smallest absolute Gasteiger partial charge is 0.303 e. The van der Waals surface area contributed by atoms with Gasteiger partial charge in [0, 0.05) is 30.3 Å². The maximum Gasteiger partial charge on any atom is 0.303 e. The number of hydrogen-bond donors (Lipinski definition) is 4. The number of aromatic nitrogens is 1. The van der Waals surface area contributed by atoms with Crippen LogP contribution in [0.3, 0.4) is 0 Å². The van der Waals surface area contributed by atoms with Gasteiger partial charge < -0.3 is 21.1 Å². The van der Waals surface area contributed by atoms with Crippen LogP contribution in [0.1, 0.15) is 86.2 Å². The average Bonchev–Trinajstić information content (AvgIpc) is 3.48. The first kappa shape index (κ1) is 36.6. The van der Waals surface area contributed by atoms with Crippen molar-refractivity contribution in [3.63, 3.8) is 0 Å². The van der Waals surface area contributed by atoms with Crippen molar-refractivity contribution in [1.29, 1.82) is 0 Å². The van der Waals surface area contributed by atoms with Gasteiger partial charge in [0.15, 0.2) is 10.8 Å². The van der Waals surface area contributed by atoms with Gasteiger partial charge in [0.1, 0.15) is 11.7 Å². The molecule has 0 aliphatic carbocycles. The molecule has 0 unspecified atom stereocenters. The summed E-state index contributed by atoms with van der Waals surface area (Å²) in [6.45, 7) is 9.40. The molecule has 242 valence electrons. The maximum atomic E-state index is 13.4. The van der Waals surface area contributed by atoms with E-state index < -0.39 is 36.0 Å². The summed E-state index contributed by atoms with van der Waals surface area (Å²) in [5, 5.41) is 19.5. The van der Waals surface area contributed by atoms with E-state index in [1.165, 1.54) is 5.38 Å². The first-order valence-electron chi connectivity index (χ1n) is 15.1. The number of hydrogen-bond acceptors (Lipinski definition) is 8. The molecule has 11 nitrogen and oxygen atoms in total. The largest absolute Gasteiger partial charge is 0.481 e. The highest BCUT2D eigenvalue weighted by molar-refractivity contribution is 7.11. The normalized spacial score (nSPS) is 14.8. The summed E-state index contributed by atoms with van der Waals surface area (Å²) < 4.78 is 0. The van der Waals surface area contributed by atoms with E-state index in [0.29, 0.717) is 12.8 Å². The molecule has 44 heavy (non-hydrogen) atoms. The lowest BCUT2D eigenvalue weighted by Gasteiger charge is -2.29. The van der Waals surface area contributed by atoms with Crippen molar-refractivity contribution in [1.82, 2.24) is 25.8 Å². The number of carbonyl (C=O) groups excluding carboxylic acids is 4. The zero-order valence-electron chi connectivity index (χ0n) is 26.8. The molecule has 12 heteroatoms. The molecule has 1 aromatic carbocycles. The van der Waals surface area contributed by atoms with Crippen LogP contribution in [0.4, 0.5) is 0 Å². The predicted molar refractivity (Wildman–Crippen MR) is 171 cm³/mol. The zero-order chi connectivity index (χ0) is 33.0. The number of carboxylic acid groups (broad SMARTS) is 1. The standard InChI is InChI=1S/C32H47N5O6S/c1-8-20(4)28(36-29(41)21(5)37(6)7)31(43)34-24(19(2)3)17-26(38)32-35-25(18-44-32)30(42)33-23(14-15-27(39)40)16-22-12-10-9-11-13-22/h9-13,18-21,23-24,28H,8,14-17H2,1-7H3,(H,33,42)(H,34,43)(H,36,41)(H,39,40)/t20-,21+,23+,24+,28-/m0/s1. The fraction of sp³-hybridized carbons (Fsp3) is 0.562. The molecular weight excluding hydrogens is 582 g/mol. The number of ketones is 1. The third-order valence-corrected chi connectivity index (χ3v) is 8.71. The molecule has 2 rings (SSSR count). The molecular formula is C32H47N5O6S. The van der Waals surface area contributed by atoms with Gasteiger partial charge in [0.2, 0.25) is 11.8 Å². The molecule has 3 amide bonds. The predicted octanol–water partition coefficient (Wildman–Crippen LogP) is 3.54. The van der Waals surface area contributed by atoms with Crippen molar-refractivity contribution < 1.29 is 29.1 Å². The minimum atomic E-state index is -0.952. The van der Waals surface area contributed by atoms with Crippen molar-refractivity contribution in [2.24, 2.45) is 11.8 Å². The summed E-state index contributed by atoms with van der Waals surface area (Å²) >= 11 is 1.05. The number of benzene rings is 1. The maximum absolute atomic E-state index is 13.4. The van der Waals surface area contributed by atoms with Crippen LogP contribution in [0.2, 0.25) is 0 Å². The monoisotopic (exact) mass is 629 g/mol. The van der Waals surface area contributed by atoms with Gasteiger partial charge in [0.05, 0.1) is 6.04 Å². The minimum Gasteiger partial charge on any atom is -0.481 e. The van der Waals surface area contributed by atoms with Gasteiger partial charge in [-0.05, 0) is 51.3 Å². The fourth-order valence-electron chi connectivity index (χ4n) is 4.41. The molecule has 0 radical (unpaired) electrons. The number of thiazole rings is 1. The number of likely N-dealkylation sites (N-methyl/N-ethyl adjacent to an activating group) is 1. The molecule has 0 saturated carbocycles. The summed E-state index contributed by atoms with van der Waals surface area (Å²) in [7, 11) is 3.58. The third-order valence-electron chi connectivity index (χ3n) is 7.83. The van der Waals surface area contributed by atoms with Gasteiger partial charge in [-0.3, -0.25) is 28.9 Å². The van der Waals surface area contributed by atoms with E-state index in [9.17, 15) is 24.0 Å². The Kier molecular flexibility index (Phi) is 14.6. The lowest BCUT2D eigenvalue weighted by Crippen LogP contribution is -2.56. The number of nitrogens with zero attached hydrogens (tertiary/aromatic N) is 2. The van der Waals surface area contributed by atoms with Gasteiger partial charge in [0.25, 0.3) is 5.91 Å². The van der Waals surface area contributed by atoms with E-state index in [-0.39, 0.29) is 59.4 Å². The molecule has 0 aliphatic heterocycles. The average molecular weight is 630 g/mol. The Morgan fingerprint density at radius 3 is 2.18 bits per heavy atom. The van der Waals surface area contributed by atoms with Crippen LogP contribution in [0, 0.1) is 11.8 Å². The molecule has 0 bridgehead atoms. The van der Waals surface area contributed by atoms with Crippen LogP contribution in [0.15, 0.2) is 35.7 Å². The summed E-state index contributed by atoms with van der Waals surface area (Å²) in [6, 6.07) is 7.34. The second-order valence-electron chi connectivity index (χ2n) is 11.8. The van der Waals surface area contributed by atoms with Crippen LogP contribution in [-0.2, 0) is 20.8 Å². The minimum absolute atomic E-state index is 0.0253. The van der Waals surface area contributed by atoms with Crippen molar-refractivity contribution in [2.75, 3.05) is 14.1 Å². The number of amides is 3. The Hall–Kier alpha value is -3.64. The van der Waals surface area contributed by atoms with E-state index in [0.717, 1.165) is 16.9 Å². The van der Waals surface area contributed by atoms with E-state index in [2.05, 4.69) is 20.9 Å². The summed E-state index contributed by atoms with van der Waals surface area (Å²) in [4.78, 5) is 69.6. The van der Waals surface area contributed by atoms with Crippen LogP contribution in [0.25, 0.3) is 0 Å². The number of rotatable bonds is 18. The summed E-state index contributed by atoms with van der Waals surface area (Å²) in [6.07, 6.45) is 1.25. The lowest BCUT2D eigenvalue weighted by molar-refractivity contribution is -0.137. The third kappa shape index (κ3) is 11.5. The second-order valence-corrected chi connectivity index (χ2v) is 12.7. The first-order chi connectivity index (χ1) is 20.7. The Morgan fingerprint density at radius 1 is 0.955 bits per heavy atom. The van der Waals surface area contributed by atoms with Crippen molar-refractivity contribution >= 4 is 40.8 Å². The Balaban J connectivity index is 2.10. The van der Waals surface area contributed by atoms with Crippen molar-refractivity contribution in [3.05, 3.63) is 52.0 Å². The number of aliphatic carboxylic acids is 1. The molecule has 1 heterocycles. The van der Waals surface area contributed by atoms with E-state index in [4.69, 9.17) is 5.11 Å². The van der Waals surface area contributed by atoms with Gasteiger partial charge in [-0.15, -0.1) is 11.3 Å². The van der Waals surface area contributed by atoms with Gasteiger partial charge in [-0.2, -0.15) is 0 Å². The Bertz CT molecular complexity index is 1260. The van der Waals surface area contributed by atoms with Crippen LogP contribution in [0.5, 0.6) is 0 Å². The van der Waals surface area contributed by atoms with Crippen molar-refractivity contribution in [3.8, 4) is 0 Å². The quantitative estimate of drug-likeness (QED) is 0.182. The van der Waals surface area contributed by atoms with Crippen LogP contribution < -0.4 is 16.0 Å². The van der Waals surface area contributed by atoms with Gasteiger partial charge in [-0.1, -0.05) is 64.4 Å². The van der Waals surface area contributed by atoms with Crippen LogP contribution >= 0.6 is 11.3 Å². The molecule has 4 N–H and O–H groups in total. The van der Waals surface area contributed by atoms with Gasteiger partial charge >= 0.3 is 5.97 Å². The lowest BCUT2D eigenvalue weighted by atomic mass is 9.94. The highest BCUT2D eigenvalue weighted by atomic mass is 32.1. The van der Waals surface area contributed by atoms with E-state index in [1.807, 2.05) is 58.0 Å². The highest BCUT2D eigenvalue weighted by Gasteiger charge is 2.31. The molecule has 0 spiro atoms. The number of carbonyl (C=O) groups is 5. The fourth-order valence-corrected chi connectivity index (χ4v) is 5.16. The summed E-state index contributed by atoms with van der Waals surface area (Å²) in [5.41, 5.74) is 1.04. The topological polar surface area (TPSA) is 158 Å². The zero-order valence-corrected chi connectivity index (χ0v) is 27.6.